The summed E-state index contributed by atoms with van der Waals surface area (Å²) in [5.74, 6) is 0.190. The van der Waals surface area contributed by atoms with E-state index in [9.17, 15) is 9.18 Å². The lowest BCUT2D eigenvalue weighted by molar-refractivity contribution is -0.113. The Morgan fingerprint density at radius 1 is 1.23 bits per heavy atom. The molecule has 0 bridgehead atoms. The zero-order valence-electron chi connectivity index (χ0n) is 16.5. The zero-order chi connectivity index (χ0) is 21.8. The molecule has 0 saturated carbocycles. The first-order chi connectivity index (χ1) is 15.0. The quantitative estimate of drug-likeness (QED) is 0.381. The average Bonchev–Trinajstić information content (AvgIpc) is 3.20. The average molecular weight is 457 g/mol. The monoisotopic (exact) mass is 456 g/mol. The second-order valence-electron chi connectivity index (χ2n) is 6.51. The Bertz CT molecular complexity index is 1230. The molecule has 4 aromatic rings. The van der Waals surface area contributed by atoms with Crippen LogP contribution in [0.5, 0.6) is 5.75 Å². The van der Waals surface area contributed by atoms with Crippen LogP contribution in [0, 0.1) is 5.82 Å². The topological polar surface area (TPSA) is 68.5 Å². The molecule has 0 radical (unpaired) electrons. The number of amides is 1. The van der Waals surface area contributed by atoms with Crippen molar-refractivity contribution < 1.29 is 13.9 Å². The van der Waals surface area contributed by atoms with Crippen molar-refractivity contribution in [1.29, 1.82) is 0 Å². The van der Waals surface area contributed by atoms with Crippen LogP contribution < -0.4 is 10.1 Å². The number of rotatable bonds is 7. The molecule has 0 spiro atoms. The number of benzene rings is 2. The third-order valence-corrected chi connectivity index (χ3v) is 5.67. The second kappa shape index (κ2) is 9.36. The van der Waals surface area contributed by atoms with E-state index < -0.39 is 5.82 Å². The lowest BCUT2D eigenvalue weighted by Crippen LogP contribution is -2.14. The predicted molar refractivity (Wildman–Crippen MR) is 120 cm³/mol. The Morgan fingerprint density at radius 2 is 2.03 bits per heavy atom. The fourth-order valence-corrected chi connectivity index (χ4v) is 3.94. The highest BCUT2D eigenvalue weighted by atomic mass is 35.5. The van der Waals surface area contributed by atoms with Crippen LogP contribution in [0.3, 0.4) is 0 Å². The van der Waals surface area contributed by atoms with Gasteiger partial charge < -0.3 is 10.1 Å². The summed E-state index contributed by atoms with van der Waals surface area (Å²) in [5, 5.41) is 8.11. The lowest BCUT2D eigenvalue weighted by atomic mass is 10.1. The molecule has 0 unspecified atom stereocenters. The molecule has 0 saturated heterocycles. The fraction of sp³-hybridized carbons (Fsp3) is 0.136. The number of halogens is 2. The maximum absolute atomic E-state index is 13.2. The van der Waals surface area contributed by atoms with E-state index in [2.05, 4.69) is 15.4 Å². The highest BCUT2D eigenvalue weighted by molar-refractivity contribution is 8.00. The number of nitrogens with one attached hydrogen (secondary N) is 1. The lowest BCUT2D eigenvalue weighted by Gasteiger charge is -2.07. The van der Waals surface area contributed by atoms with Crippen LogP contribution in [0.1, 0.15) is 6.92 Å². The highest BCUT2D eigenvalue weighted by Gasteiger charge is 2.13. The number of nitrogens with zero attached hydrogens (tertiary/aromatic N) is 3. The minimum atomic E-state index is -0.461. The van der Waals surface area contributed by atoms with Crippen molar-refractivity contribution in [2.75, 3.05) is 17.7 Å². The van der Waals surface area contributed by atoms with Gasteiger partial charge in [-0.15, -0.1) is 0 Å². The summed E-state index contributed by atoms with van der Waals surface area (Å²) in [5.41, 5.74) is 2.90. The van der Waals surface area contributed by atoms with Crippen molar-refractivity contribution in [2.45, 2.75) is 11.9 Å². The summed E-state index contributed by atoms with van der Waals surface area (Å²) in [6.07, 6.45) is 3.40. The van der Waals surface area contributed by atoms with Crippen molar-refractivity contribution in [3.63, 3.8) is 0 Å². The standard InChI is InChI=1S/C22H18ClFN4O2S/c1-2-30-16-6-3-14(4-7-16)19-12-20-22(25-9-10-28(20)27-19)31-13-21(29)26-18-8-5-15(24)11-17(18)23/h3-12H,2,13H2,1H3,(H,26,29). The molecule has 2 aromatic heterocycles. The number of aromatic nitrogens is 3. The normalized spacial score (nSPS) is 10.9. The van der Waals surface area contributed by atoms with Crippen LogP contribution in [0.15, 0.2) is 66.0 Å². The second-order valence-corrected chi connectivity index (χ2v) is 7.88. The zero-order valence-corrected chi connectivity index (χ0v) is 18.1. The van der Waals surface area contributed by atoms with E-state index in [1.54, 1.807) is 16.9 Å². The molecule has 0 aliphatic heterocycles. The number of carbonyl (C=O) groups is 1. The molecule has 6 nitrogen and oxygen atoms in total. The van der Waals surface area contributed by atoms with Crippen LogP contribution in [0.2, 0.25) is 5.02 Å². The van der Waals surface area contributed by atoms with E-state index in [4.69, 9.17) is 16.3 Å². The third-order valence-electron chi connectivity index (χ3n) is 4.36. The van der Waals surface area contributed by atoms with E-state index in [0.29, 0.717) is 17.3 Å². The summed E-state index contributed by atoms with van der Waals surface area (Å²) in [6, 6.07) is 13.5. The smallest absolute Gasteiger partial charge is 0.234 e. The maximum Gasteiger partial charge on any atom is 0.234 e. The Morgan fingerprint density at radius 3 is 2.77 bits per heavy atom. The van der Waals surface area contributed by atoms with Gasteiger partial charge in [-0.05, 0) is 55.5 Å². The van der Waals surface area contributed by atoms with Crippen molar-refractivity contribution in [3.05, 3.63) is 71.8 Å². The summed E-state index contributed by atoms with van der Waals surface area (Å²) >= 11 is 7.25. The van der Waals surface area contributed by atoms with Crippen LogP contribution in [0.4, 0.5) is 10.1 Å². The van der Waals surface area contributed by atoms with Crippen molar-refractivity contribution >= 4 is 40.5 Å². The van der Waals surface area contributed by atoms with Crippen molar-refractivity contribution in [3.8, 4) is 17.0 Å². The molecule has 2 aromatic carbocycles. The molecular weight excluding hydrogens is 439 g/mol. The minimum absolute atomic E-state index is 0.115. The number of hydrogen-bond donors (Lipinski definition) is 1. The molecule has 2 heterocycles. The van der Waals surface area contributed by atoms with Crippen molar-refractivity contribution in [1.82, 2.24) is 14.6 Å². The predicted octanol–water partition coefficient (Wildman–Crippen LogP) is 5.32. The van der Waals surface area contributed by atoms with Gasteiger partial charge in [0.05, 0.1) is 34.3 Å². The molecular formula is C22H18ClFN4O2S. The van der Waals surface area contributed by atoms with E-state index in [-0.39, 0.29) is 16.7 Å². The van der Waals surface area contributed by atoms with Crippen LogP contribution in [-0.2, 0) is 4.79 Å². The molecule has 1 N–H and O–H groups in total. The van der Waals surface area contributed by atoms with Gasteiger partial charge in [0.15, 0.2) is 0 Å². The van der Waals surface area contributed by atoms with Crippen molar-refractivity contribution in [2.24, 2.45) is 0 Å². The molecule has 158 valence electrons. The van der Waals surface area contributed by atoms with Gasteiger partial charge in [0.25, 0.3) is 0 Å². The number of thioether (sulfide) groups is 1. The summed E-state index contributed by atoms with van der Waals surface area (Å²) < 4.78 is 20.4. The number of carbonyl (C=O) groups excluding carboxylic acids is 1. The molecule has 0 aliphatic carbocycles. The molecule has 9 heteroatoms. The molecule has 4 rings (SSSR count). The fourth-order valence-electron chi connectivity index (χ4n) is 2.95. The van der Waals surface area contributed by atoms with Gasteiger partial charge >= 0.3 is 0 Å². The van der Waals surface area contributed by atoms with E-state index >= 15 is 0 Å². The van der Waals surface area contributed by atoms with Gasteiger partial charge in [0, 0.05) is 18.0 Å². The maximum atomic E-state index is 13.2. The minimum Gasteiger partial charge on any atom is -0.494 e. The SMILES string of the molecule is CCOc1ccc(-c2cc3c(SCC(=O)Nc4ccc(F)cc4Cl)nccn3n2)cc1. The highest BCUT2D eigenvalue weighted by Crippen LogP contribution is 2.28. The molecule has 0 atom stereocenters. The first-order valence-electron chi connectivity index (χ1n) is 9.49. The first kappa shape index (κ1) is 21.1. The van der Waals surface area contributed by atoms with Crippen LogP contribution in [0.25, 0.3) is 16.8 Å². The number of anilines is 1. The first-order valence-corrected chi connectivity index (χ1v) is 10.8. The van der Waals surface area contributed by atoms with Gasteiger partial charge in [-0.3, -0.25) is 4.79 Å². The van der Waals surface area contributed by atoms with E-state index in [1.165, 1.54) is 23.9 Å². The van der Waals surface area contributed by atoms with Gasteiger partial charge in [0.1, 0.15) is 16.6 Å². The van der Waals surface area contributed by atoms with Gasteiger partial charge in [0.2, 0.25) is 5.91 Å². The largest absolute Gasteiger partial charge is 0.494 e. The Balaban J connectivity index is 1.48. The Kier molecular flexibility index (Phi) is 6.39. The van der Waals surface area contributed by atoms with Crippen LogP contribution in [-0.4, -0.2) is 32.9 Å². The van der Waals surface area contributed by atoms with Gasteiger partial charge in [-0.2, -0.15) is 5.10 Å². The summed E-state index contributed by atoms with van der Waals surface area (Å²) in [7, 11) is 0. The number of ether oxygens (including phenoxy) is 1. The number of fused-ring (bicyclic) bond motifs is 1. The Hall–Kier alpha value is -3.10. The van der Waals surface area contributed by atoms with E-state index in [0.717, 1.165) is 28.6 Å². The summed E-state index contributed by atoms with van der Waals surface area (Å²) in [6.45, 7) is 2.55. The van der Waals surface area contributed by atoms with Crippen LogP contribution >= 0.6 is 23.4 Å². The van der Waals surface area contributed by atoms with Gasteiger partial charge in [-0.1, -0.05) is 23.4 Å². The molecule has 31 heavy (non-hydrogen) atoms. The van der Waals surface area contributed by atoms with E-state index in [1.807, 2.05) is 37.3 Å². The van der Waals surface area contributed by atoms with Gasteiger partial charge in [-0.25, -0.2) is 13.9 Å². The number of hydrogen-bond acceptors (Lipinski definition) is 5. The molecule has 0 aliphatic rings. The molecule has 1 amide bonds. The Labute approximate surface area is 187 Å². The third kappa shape index (κ3) is 4.98. The molecule has 0 fully saturated rings. The summed E-state index contributed by atoms with van der Waals surface area (Å²) in [4.78, 5) is 16.7.